The summed E-state index contributed by atoms with van der Waals surface area (Å²) in [5, 5.41) is 3.47. The van der Waals surface area contributed by atoms with Gasteiger partial charge in [0.25, 0.3) is 0 Å². The van der Waals surface area contributed by atoms with Crippen molar-refractivity contribution in [2.24, 2.45) is 0 Å². The first-order valence-electron chi connectivity index (χ1n) is 7.14. The van der Waals surface area contributed by atoms with E-state index in [-0.39, 0.29) is 0 Å². The second kappa shape index (κ2) is 8.18. The molecule has 0 unspecified atom stereocenters. The summed E-state index contributed by atoms with van der Waals surface area (Å²) in [6.45, 7) is 11.1. The van der Waals surface area contributed by atoms with Crippen LogP contribution in [0.4, 0.5) is 5.69 Å². The molecule has 0 aliphatic carbocycles. The quantitative estimate of drug-likeness (QED) is 0.781. The lowest BCUT2D eigenvalue weighted by Crippen LogP contribution is -2.27. The Morgan fingerprint density at radius 1 is 1.16 bits per heavy atom. The second-order valence-corrected chi connectivity index (χ2v) is 5.51. The van der Waals surface area contributed by atoms with Crippen LogP contribution in [0.2, 0.25) is 0 Å². The van der Waals surface area contributed by atoms with Gasteiger partial charge in [0.15, 0.2) is 0 Å². The van der Waals surface area contributed by atoms with Gasteiger partial charge in [0.2, 0.25) is 0 Å². The van der Waals surface area contributed by atoms with Crippen LogP contribution in [-0.4, -0.2) is 32.3 Å². The summed E-state index contributed by atoms with van der Waals surface area (Å²) < 4.78 is 5.61. The summed E-state index contributed by atoms with van der Waals surface area (Å²) in [6.07, 6.45) is 0.297. The number of para-hydroxylation sites is 1. The molecule has 3 nitrogen and oxygen atoms in total. The zero-order chi connectivity index (χ0) is 14.3. The third-order valence-electron chi connectivity index (χ3n) is 2.98. The van der Waals surface area contributed by atoms with Crippen molar-refractivity contribution < 1.29 is 4.74 Å². The molecule has 1 N–H and O–H groups in total. The van der Waals surface area contributed by atoms with E-state index in [4.69, 9.17) is 4.74 Å². The van der Waals surface area contributed by atoms with Gasteiger partial charge in [-0.05, 0) is 25.5 Å². The first-order valence-corrected chi connectivity index (χ1v) is 7.14. The van der Waals surface area contributed by atoms with E-state index in [0.717, 1.165) is 19.7 Å². The molecule has 19 heavy (non-hydrogen) atoms. The largest absolute Gasteiger partial charge is 0.377 e. The molecule has 0 fully saturated rings. The van der Waals surface area contributed by atoms with Crippen LogP contribution in [0.25, 0.3) is 0 Å². The molecular weight excluding hydrogens is 236 g/mol. The lowest BCUT2D eigenvalue weighted by molar-refractivity contribution is 0.0846. The number of nitrogens with one attached hydrogen (secondary N) is 1. The van der Waals surface area contributed by atoms with E-state index in [0.29, 0.717) is 12.1 Å². The van der Waals surface area contributed by atoms with Gasteiger partial charge in [-0.25, -0.2) is 0 Å². The SMILES string of the molecule is CC(C)NCc1ccccc1N(C)CCOC(C)C. The smallest absolute Gasteiger partial charge is 0.0644 e. The fourth-order valence-corrected chi connectivity index (χ4v) is 1.89. The molecule has 0 heterocycles. The molecular formula is C16H28N2O. The van der Waals surface area contributed by atoms with Crippen LogP contribution in [0.1, 0.15) is 33.3 Å². The Balaban J connectivity index is 2.59. The van der Waals surface area contributed by atoms with Crippen LogP contribution >= 0.6 is 0 Å². The molecule has 0 aliphatic heterocycles. The topological polar surface area (TPSA) is 24.5 Å². The number of hydrogen-bond acceptors (Lipinski definition) is 3. The van der Waals surface area contributed by atoms with E-state index in [1.165, 1.54) is 11.3 Å². The van der Waals surface area contributed by atoms with Gasteiger partial charge in [0, 0.05) is 31.9 Å². The van der Waals surface area contributed by atoms with Gasteiger partial charge in [0.1, 0.15) is 0 Å². The van der Waals surface area contributed by atoms with Gasteiger partial charge in [-0.2, -0.15) is 0 Å². The minimum absolute atomic E-state index is 0.297. The molecule has 0 atom stereocenters. The third kappa shape index (κ3) is 6.08. The van der Waals surface area contributed by atoms with Crippen molar-refractivity contribution in [3.63, 3.8) is 0 Å². The fraction of sp³-hybridized carbons (Fsp3) is 0.625. The Hall–Kier alpha value is -1.06. The molecule has 0 amide bonds. The first kappa shape index (κ1) is 16.0. The maximum absolute atomic E-state index is 5.61. The van der Waals surface area contributed by atoms with Gasteiger partial charge in [0.05, 0.1) is 12.7 Å². The van der Waals surface area contributed by atoms with Crippen LogP contribution in [0.15, 0.2) is 24.3 Å². The first-order chi connectivity index (χ1) is 9.00. The highest BCUT2D eigenvalue weighted by Gasteiger charge is 2.07. The lowest BCUT2D eigenvalue weighted by atomic mass is 10.1. The molecule has 108 valence electrons. The predicted molar refractivity (Wildman–Crippen MR) is 82.8 cm³/mol. The number of likely N-dealkylation sites (N-methyl/N-ethyl adjacent to an activating group) is 1. The van der Waals surface area contributed by atoms with Crippen LogP contribution in [0.3, 0.4) is 0 Å². The molecule has 1 rings (SSSR count). The number of hydrogen-bond donors (Lipinski definition) is 1. The number of anilines is 1. The van der Waals surface area contributed by atoms with Crippen molar-refractivity contribution in [1.29, 1.82) is 0 Å². The zero-order valence-electron chi connectivity index (χ0n) is 12.9. The monoisotopic (exact) mass is 264 g/mol. The molecule has 0 bridgehead atoms. The van der Waals surface area contributed by atoms with E-state index in [9.17, 15) is 0 Å². The molecule has 0 radical (unpaired) electrons. The van der Waals surface area contributed by atoms with Gasteiger partial charge < -0.3 is 15.0 Å². The van der Waals surface area contributed by atoms with Crippen molar-refractivity contribution in [1.82, 2.24) is 5.32 Å². The van der Waals surface area contributed by atoms with Crippen molar-refractivity contribution in [3.05, 3.63) is 29.8 Å². The Bertz CT molecular complexity index is 364. The van der Waals surface area contributed by atoms with Crippen molar-refractivity contribution in [2.75, 3.05) is 25.1 Å². The summed E-state index contributed by atoms with van der Waals surface area (Å²) in [4.78, 5) is 2.26. The standard InChI is InChI=1S/C16H28N2O/c1-13(2)17-12-15-8-6-7-9-16(15)18(5)10-11-19-14(3)4/h6-9,13-14,17H,10-12H2,1-5H3. The highest BCUT2D eigenvalue weighted by molar-refractivity contribution is 5.53. The minimum Gasteiger partial charge on any atom is -0.377 e. The highest BCUT2D eigenvalue weighted by atomic mass is 16.5. The van der Waals surface area contributed by atoms with E-state index in [1.807, 2.05) is 0 Å². The van der Waals surface area contributed by atoms with Crippen LogP contribution in [0.5, 0.6) is 0 Å². The third-order valence-corrected chi connectivity index (χ3v) is 2.98. The van der Waals surface area contributed by atoms with E-state index < -0.39 is 0 Å². The Morgan fingerprint density at radius 3 is 2.47 bits per heavy atom. The zero-order valence-corrected chi connectivity index (χ0v) is 12.9. The summed E-state index contributed by atoms with van der Waals surface area (Å²) in [5.74, 6) is 0. The lowest BCUT2D eigenvalue weighted by Gasteiger charge is -2.23. The van der Waals surface area contributed by atoms with Gasteiger partial charge in [-0.3, -0.25) is 0 Å². The van der Waals surface area contributed by atoms with Crippen molar-refractivity contribution in [3.8, 4) is 0 Å². The minimum atomic E-state index is 0.297. The molecule has 0 aromatic heterocycles. The van der Waals surface area contributed by atoms with Gasteiger partial charge >= 0.3 is 0 Å². The molecule has 0 aliphatic rings. The molecule has 0 saturated carbocycles. The average Bonchev–Trinajstić information content (AvgIpc) is 2.36. The molecule has 3 heteroatoms. The summed E-state index contributed by atoms with van der Waals surface area (Å²) >= 11 is 0. The van der Waals surface area contributed by atoms with Gasteiger partial charge in [-0.1, -0.05) is 32.0 Å². The molecule has 1 aromatic carbocycles. The Morgan fingerprint density at radius 2 is 1.84 bits per heavy atom. The van der Waals surface area contributed by atoms with E-state index in [2.05, 4.69) is 69.2 Å². The number of benzene rings is 1. The van der Waals surface area contributed by atoms with Gasteiger partial charge in [-0.15, -0.1) is 0 Å². The normalized spacial score (nSPS) is 11.3. The predicted octanol–water partition coefficient (Wildman–Crippen LogP) is 3.05. The fourth-order valence-electron chi connectivity index (χ4n) is 1.89. The summed E-state index contributed by atoms with van der Waals surface area (Å²) in [6, 6.07) is 9.05. The van der Waals surface area contributed by atoms with E-state index in [1.54, 1.807) is 0 Å². The molecule has 0 spiro atoms. The van der Waals surface area contributed by atoms with Crippen LogP contribution in [0, 0.1) is 0 Å². The van der Waals surface area contributed by atoms with Crippen LogP contribution < -0.4 is 10.2 Å². The Kier molecular flexibility index (Phi) is 6.89. The van der Waals surface area contributed by atoms with Crippen molar-refractivity contribution >= 4 is 5.69 Å². The average molecular weight is 264 g/mol. The molecule has 0 saturated heterocycles. The number of ether oxygens (including phenoxy) is 1. The maximum atomic E-state index is 5.61. The molecule has 1 aromatic rings. The Labute approximate surface area is 118 Å². The second-order valence-electron chi connectivity index (χ2n) is 5.51. The summed E-state index contributed by atoms with van der Waals surface area (Å²) in [7, 11) is 2.12. The summed E-state index contributed by atoms with van der Waals surface area (Å²) in [5.41, 5.74) is 2.62. The number of rotatable bonds is 8. The number of nitrogens with zero attached hydrogens (tertiary/aromatic N) is 1. The van der Waals surface area contributed by atoms with Crippen molar-refractivity contribution in [2.45, 2.75) is 46.4 Å². The highest BCUT2D eigenvalue weighted by Crippen LogP contribution is 2.19. The van der Waals surface area contributed by atoms with E-state index >= 15 is 0 Å². The maximum Gasteiger partial charge on any atom is 0.0644 e. The van der Waals surface area contributed by atoms with Crippen LogP contribution in [-0.2, 0) is 11.3 Å².